The summed E-state index contributed by atoms with van der Waals surface area (Å²) in [6.07, 6.45) is 2.58. The summed E-state index contributed by atoms with van der Waals surface area (Å²) in [4.78, 5) is 88.0. The molecular weight excluding hydrogens is 732 g/mol. The van der Waals surface area contributed by atoms with E-state index in [9.17, 15) is 44.1 Å². The van der Waals surface area contributed by atoms with Gasteiger partial charge in [-0.2, -0.15) is 0 Å². The summed E-state index contributed by atoms with van der Waals surface area (Å²) in [6.45, 7) is -1.23. The number of aliphatic hydroxyl groups excluding tert-OH is 1. The van der Waals surface area contributed by atoms with Crippen LogP contribution in [0, 0.1) is 0 Å². The van der Waals surface area contributed by atoms with Gasteiger partial charge in [-0.05, 0) is 29.8 Å². The first-order chi connectivity index (χ1) is 25.0. The van der Waals surface area contributed by atoms with Crippen molar-refractivity contribution in [3.05, 3.63) is 70.9 Å². The molecule has 0 aliphatic carbocycles. The van der Waals surface area contributed by atoms with Gasteiger partial charge in [0.15, 0.2) is 17.6 Å². The molecule has 0 aromatic carbocycles. The molecule has 3 aliphatic heterocycles. The fraction of sp³-hybridized carbons (Fsp3) is 0.333. The summed E-state index contributed by atoms with van der Waals surface area (Å²) < 4.78 is 15.9. The third-order valence-corrected chi connectivity index (χ3v) is 10.2. The zero-order valence-corrected chi connectivity index (χ0v) is 28.7. The lowest BCUT2D eigenvalue weighted by Crippen LogP contribution is -2.71. The van der Waals surface area contributed by atoms with Crippen LogP contribution in [0.5, 0.6) is 0 Å². The van der Waals surface area contributed by atoms with Gasteiger partial charge in [-0.1, -0.05) is 10.3 Å². The van der Waals surface area contributed by atoms with Gasteiger partial charge in [0.2, 0.25) is 11.4 Å². The van der Waals surface area contributed by atoms with Gasteiger partial charge < -0.3 is 54.5 Å². The Morgan fingerprint density at radius 2 is 1.58 bits per heavy atom. The number of β-lactam (4-membered cyclic amide) rings is 1. The number of carboxylic acid groups (broad SMARTS) is 2. The van der Waals surface area contributed by atoms with Gasteiger partial charge in [-0.25, -0.2) is 14.4 Å². The van der Waals surface area contributed by atoms with Gasteiger partial charge in [0.05, 0.1) is 19.1 Å². The maximum atomic E-state index is 13.7. The minimum atomic E-state index is -1.62. The molecule has 3 aliphatic rings. The monoisotopic (exact) mass is 762 g/mol. The van der Waals surface area contributed by atoms with Crippen LogP contribution in [0.3, 0.4) is 0 Å². The van der Waals surface area contributed by atoms with Crippen LogP contribution < -0.4 is 16.0 Å². The second kappa shape index (κ2) is 16.5. The lowest BCUT2D eigenvalue weighted by molar-refractivity contribution is -0.150. The Labute approximate surface area is 301 Å². The lowest BCUT2D eigenvalue weighted by atomic mass is 10.0. The van der Waals surface area contributed by atoms with E-state index >= 15 is 0 Å². The molecule has 22 heteroatoms. The number of carbonyl (C=O) groups excluding carboxylic acids is 4. The van der Waals surface area contributed by atoms with E-state index in [1.807, 2.05) is 0 Å². The SMILES string of the molecule is CO/N=C(\C(=O)N[C@H](C(=O)OCC1=C(C(=O)O)N2C(=O)[C@@H](NC(=O)/C(=N\OC)c3ccco3)[C@H]2SC1)[C@@H]1NC(C(=O)O)=C(CO)CS1)c1ccco1. The number of carbonyl (C=O) groups is 6. The number of oxime groups is 2. The van der Waals surface area contributed by atoms with Crippen molar-refractivity contribution in [3.8, 4) is 0 Å². The number of fused-ring (bicyclic) bond motifs is 1. The summed E-state index contributed by atoms with van der Waals surface area (Å²) in [6, 6.07) is 3.10. The maximum Gasteiger partial charge on any atom is 0.352 e. The Bertz CT molecular complexity index is 1860. The molecule has 5 rings (SSSR count). The van der Waals surface area contributed by atoms with E-state index in [-0.39, 0.29) is 51.3 Å². The molecule has 3 amide bonds. The maximum absolute atomic E-state index is 13.7. The highest BCUT2D eigenvalue weighted by atomic mass is 32.2. The molecule has 0 spiro atoms. The number of hydrogen-bond acceptors (Lipinski definition) is 17. The number of carboxylic acids is 2. The van der Waals surface area contributed by atoms with Crippen molar-refractivity contribution in [1.82, 2.24) is 20.9 Å². The molecule has 0 saturated carbocycles. The molecule has 52 heavy (non-hydrogen) atoms. The molecule has 5 heterocycles. The van der Waals surface area contributed by atoms with Crippen molar-refractivity contribution in [2.24, 2.45) is 10.3 Å². The van der Waals surface area contributed by atoms with Crippen molar-refractivity contribution in [2.45, 2.75) is 22.8 Å². The highest BCUT2D eigenvalue weighted by Gasteiger charge is 2.54. The largest absolute Gasteiger partial charge is 0.477 e. The Morgan fingerprint density at radius 3 is 2.12 bits per heavy atom. The van der Waals surface area contributed by atoms with Crippen LogP contribution in [0.15, 0.2) is 78.5 Å². The number of aliphatic carboxylic acids is 2. The van der Waals surface area contributed by atoms with E-state index in [1.165, 1.54) is 51.0 Å². The molecule has 1 saturated heterocycles. The Hall–Kier alpha value is -5.74. The molecule has 0 radical (unpaired) electrons. The molecule has 0 bridgehead atoms. The number of thioether (sulfide) groups is 2. The minimum absolute atomic E-state index is 0.0219. The first-order valence-electron chi connectivity index (χ1n) is 14.9. The molecular formula is C30H30N6O14S2. The molecule has 2 aromatic heterocycles. The van der Waals surface area contributed by atoms with Gasteiger partial charge in [0.25, 0.3) is 17.7 Å². The summed E-state index contributed by atoms with van der Waals surface area (Å²) in [7, 11) is 2.39. The summed E-state index contributed by atoms with van der Waals surface area (Å²) in [5, 5.41) is 42.4. The molecule has 20 nitrogen and oxygen atoms in total. The molecule has 276 valence electrons. The Morgan fingerprint density at radius 1 is 0.962 bits per heavy atom. The number of esters is 1. The zero-order valence-electron chi connectivity index (χ0n) is 27.1. The minimum Gasteiger partial charge on any atom is -0.477 e. The van der Waals surface area contributed by atoms with E-state index in [1.54, 1.807) is 0 Å². The first kappa shape index (κ1) is 37.5. The van der Waals surface area contributed by atoms with Crippen molar-refractivity contribution < 1.29 is 67.3 Å². The first-order valence-corrected chi connectivity index (χ1v) is 17.0. The molecule has 2 aromatic rings. The van der Waals surface area contributed by atoms with E-state index < -0.39 is 77.4 Å². The number of hydrogen-bond donors (Lipinski definition) is 6. The smallest absolute Gasteiger partial charge is 0.352 e. The van der Waals surface area contributed by atoms with Gasteiger partial charge >= 0.3 is 17.9 Å². The van der Waals surface area contributed by atoms with Crippen LogP contribution in [0.2, 0.25) is 0 Å². The van der Waals surface area contributed by atoms with Crippen molar-refractivity contribution in [3.63, 3.8) is 0 Å². The van der Waals surface area contributed by atoms with Gasteiger partial charge in [0.1, 0.15) is 49.0 Å². The Kier molecular flexibility index (Phi) is 11.9. The summed E-state index contributed by atoms with van der Waals surface area (Å²) in [5.74, 6) is -6.62. The average molecular weight is 763 g/mol. The van der Waals surface area contributed by atoms with Crippen LogP contribution in [-0.4, -0.2) is 129 Å². The predicted molar refractivity (Wildman–Crippen MR) is 178 cm³/mol. The second-order valence-electron chi connectivity index (χ2n) is 10.7. The van der Waals surface area contributed by atoms with E-state index in [2.05, 4.69) is 26.3 Å². The topological polar surface area (TPSA) is 281 Å². The fourth-order valence-corrected chi connectivity index (χ4v) is 7.71. The number of nitrogens with zero attached hydrogens (tertiary/aromatic N) is 3. The number of nitrogens with one attached hydrogen (secondary N) is 3. The standard InChI is InChI=1S/C30H30N6O14S2/c1-46-34-18(15-5-3-7-48-15)23(38)31-20(25-33-17(28(41)42)13(9-37)11-51-25)30(45)50-10-14-12-52-27-21(26(40)36(27)22(14)29(43)44)32-24(39)19(35-47-2)16-6-4-8-49-16/h3-8,20-21,25,27,33,37H,9-12H2,1-2H3,(H,31,38)(H,32,39)(H,41,42)(H,43,44)/b34-18-,35-19-/t20-,21+,25+,27+/m0/s1. The highest BCUT2D eigenvalue weighted by molar-refractivity contribution is 8.00. The number of rotatable bonds is 15. The molecule has 6 N–H and O–H groups in total. The van der Waals surface area contributed by atoms with Crippen molar-refractivity contribution in [1.29, 1.82) is 0 Å². The van der Waals surface area contributed by atoms with Gasteiger partial charge in [-0.15, -0.1) is 23.5 Å². The van der Waals surface area contributed by atoms with Gasteiger partial charge in [0, 0.05) is 17.1 Å². The van der Waals surface area contributed by atoms with Crippen LogP contribution in [-0.2, 0) is 43.2 Å². The predicted octanol–water partition coefficient (Wildman–Crippen LogP) is -0.966. The van der Waals surface area contributed by atoms with E-state index in [0.29, 0.717) is 0 Å². The second-order valence-corrected chi connectivity index (χ2v) is 12.9. The summed E-state index contributed by atoms with van der Waals surface area (Å²) >= 11 is 2.08. The van der Waals surface area contributed by atoms with Crippen molar-refractivity contribution >= 4 is 70.6 Å². The average Bonchev–Trinajstić information content (AvgIpc) is 3.88. The van der Waals surface area contributed by atoms with Crippen LogP contribution >= 0.6 is 23.5 Å². The lowest BCUT2D eigenvalue weighted by Gasteiger charge is -2.49. The third-order valence-electron chi connectivity index (χ3n) is 7.55. The number of amides is 3. The molecule has 4 atom stereocenters. The Balaban J connectivity index is 1.34. The summed E-state index contributed by atoms with van der Waals surface area (Å²) in [5.41, 5.74) is -1.32. The van der Waals surface area contributed by atoms with Crippen LogP contribution in [0.1, 0.15) is 11.5 Å². The van der Waals surface area contributed by atoms with Crippen molar-refractivity contribution in [2.75, 3.05) is 38.9 Å². The zero-order chi connectivity index (χ0) is 37.5. The number of aliphatic hydroxyl groups is 1. The third kappa shape index (κ3) is 7.77. The molecule has 1 fully saturated rings. The van der Waals surface area contributed by atoms with Gasteiger partial charge in [-0.3, -0.25) is 19.3 Å². The van der Waals surface area contributed by atoms with E-state index in [0.717, 1.165) is 28.4 Å². The molecule has 0 unspecified atom stereocenters. The quantitative estimate of drug-likeness (QED) is 0.0551. The van der Waals surface area contributed by atoms with Crippen LogP contribution in [0.25, 0.3) is 0 Å². The normalized spacial score (nSPS) is 20.9. The van der Waals surface area contributed by atoms with Crippen LogP contribution in [0.4, 0.5) is 0 Å². The van der Waals surface area contributed by atoms with E-state index in [4.69, 9.17) is 23.2 Å². The number of ether oxygens (including phenoxy) is 1. The fourth-order valence-electron chi connectivity index (χ4n) is 5.19. The number of furan rings is 2. The highest BCUT2D eigenvalue weighted by Crippen LogP contribution is 2.40.